The number of nitro groups is 1. The van der Waals surface area contributed by atoms with Crippen molar-refractivity contribution in [3.63, 3.8) is 0 Å². The molecule has 32 heavy (non-hydrogen) atoms. The van der Waals surface area contributed by atoms with Crippen LogP contribution in [-0.2, 0) is 9.53 Å². The Morgan fingerprint density at radius 2 is 1.81 bits per heavy atom. The summed E-state index contributed by atoms with van der Waals surface area (Å²) in [5.41, 5.74) is -0.430. The van der Waals surface area contributed by atoms with E-state index in [2.05, 4.69) is 12.2 Å². The number of hydrogen-bond acceptors (Lipinski definition) is 6. The topological polar surface area (TPSA) is 116 Å². The normalized spacial score (nSPS) is 17.9. The molecule has 0 radical (unpaired) electrons. The molecule has 2 aromatic carbocycles. The van der Waals surface area contributed by atoms with Crippen molar-refractivity contribution in [1.29, 1.82) is 0 Å². The smallest absolute Gasteiger partial charge is 0.339 e. The molecule has 1 fully saturated rings. The zero-order valence-electron chi connectivity index (χ0n) is 17.5. The first-order valence-electron chi connectivity index (χ1n) is 10.3. The second-order valence-electron chi connectivity index (χ2n) is 7.81. The Labute approximate surface area is 190 Å². The minimum atomic E-state index is -0.829. The van der Waals surface area contributed by atoms with Gasteiger partial charge in [0.05, 0.1) is 10.5 Å². The molecule has 1 saturated carbocycles. The number of amides is 1. The van der Waals surface area contributed by atoms with Crippen molar-refractivity contribution in [2.75, 3.05) is 6.61 Å². The first kappa shape index (κ1) is 23.4. The Morgan fingerprint density at radius 3 is 2.50 bits per heavy atom. The SMILES string of the molecule is C[C@H]1CCCC[C@H]1NC(=O)COC(=O)c1ccccc1C(=O)c1ccc(Cl)c([N+](=O)[O-])c1. The van der Waals surface area contributed by atoms with Gasteiger partial charge in [-0.1, -0.05) is 49.6 Å². The maximum atomic E-state index is 12.9. The number of halogens is 1. The van der Waals surface area contributed by atoms with Gasteiger partial charge in [0.25, 0.3) is 11.6 Å². The zero-order valence-corrected chi connectivity index (χ0v) is 18.3. The Balaban J connectivity index is 1.71. The molecule has 0 spiro atoms. The summed E-state index contributed by atoms with van der Waals surface area (Å²) in [5, 5.41) is 13.9. The third-order valence-corrected chi connectivity index (χ3v) is 5.91. The first-order chi connectivity index (χ1) is 15.3. The highest BCUT2D eigenvalue weighted by atomic mass is 35.5. The van der Waals surface area contributed by atoms with Crippen LogP contribution in [-0.4, -0.2) is 35.2 Å². The summed E-state index contributed by atoms with van der Waals surface area (Å²) in [7, 11) is 0. The van der Waals surface area contributed by atoms with Crippen LogP contribution in [0.3, 0.4) is 0 Å². The van der Waals surface area contributed by atoms with Gasteiger partial charge in [0.2, 0.25) is 0 Å². The number of carbonyl (C=O) groups is 3. The number of carbonyl (C=O) groups excluding carboxylic acids is 3. The lowest BCUT2D eigenvalue weighted by Gasteiger charge is -2.29. The van der Waals surface area contributed by atoms with Crippen molar-refractivity contribution in [2.45, 2.75) is 38.6 Å². The maximum absolute atomic E-state index is 12.9. The fraction of sp³-hybridized carbons (Fsp3) is 0.348. The Bertz CT molecular complexity index is 1050. The second-order valence-corrected chi connectivity index (χ2v) is 8.22. The van der Waals surface area contributed by atoms with E-state index in [1.807, 2.05) is 0 Å². The average Bonchev–Trinajstić information content (AvgIpc) is 2.78. The number of hydrogen-bond donors (Lipinski definition) is 1. The number of nitrogens with zero attached hydrogens (tertiary/aromatic N) is 1. The van der Waals surface area contributed by atoms with Crippen molar-refractivity contribution in [3.8, 4) is 0 Å². The van der Waals surface area contributed by atoms with Crippen LogP contribution in [0, 0.1) is 16.0 Å². The Kier molecular flexibility index (Phi) is 7.58. The third kappa shape index (κ3) is 5.50. The number of rotatable bonds is 7. The summed E-state index contributed by atoms with van der Waals surface area (Å²) in [4.78, 5) is 48.2. The van der Waals surface area contributed by atoms with Crippen molar-refractivity contribution in [1.82, 2.24) is 5.32 Å². The van der Waals surface area contributed by atoms with Crippen molar-refractivity contribution in [3.05, 3.63) is 74.3 Å². The molecule has 1 amide bonds. The summed E-state index contributed by atoms with van der Waals surface area (Å²) >= 11 is 5.81. The quantitative estimate of drug-likeness (QED) is 0.285. The lowest BCUT2D eigenvalue weighted by atomic mass is 9.86. The lowest BCUT2D eigenvalue weighted by molar-refractivity contribution is -0.384. The summed E-state index contributed by atoms with van der Waals surface area (Å²) in [6.07, 6.45) is 4.13. The predicted octanol–water partition coefficient (Wildman–Crippen LogP) is 4.33. The molecule has 1 aliphatic carbocycles. The molecule has 2 aromatic rings. The van der Waals surface area contributed by atoms with Gasteiger partial charge in [0.15, 0.2) is 12.4 Å². The van der Waals surface area contributed by atoms with Gasteiger partial charge in [-0.25, -0.2) is 4.79 Å². The maximum Gasteiger partial charge on any atom is 0.339 e. The van der Waals surface area contributed by atoms with Crippen LogP contribution < -0.4 is 5.32 Å². The lowest BCUT2D eigenvalue weighted by Crippen LogP contribution is -2.42. The number of ketones is 1. The number of esters is 1. The highest BCUT2D eigenvalue weighted by molar-refractivity contribution is 6.33. The summed E-state index contributed by atoms with van der Waals surface area (Å²) in [6, 6.07) is 9.66. The molecule has 3 rings (SSSR count). The van der Waals surface area contributed by atoms with Crippen LogP contribution in [0.25, 0.3) is 0 Å². The van der Waals surface area contributed by atoms with E-state index in [4.69, 9.17) is 16.3 Å². The molecule has 0 bridgehead atoms. The molecule has 0 aliphatic heterocycles. The van der Waals surface area contributed by atoms with E-state index in [1.54, 1.807) is 12.1 Å². The number of benzene rings is 2. The van der Waals surface area contributed by atoms with Gasteiger partial charge >= 0.3 is 5.97 Å². The molecular formula is C23H23ClN2O6. The van der Waals surface area contributed by atoms with E-state index in [0.717, 1.165) is 31.7 Å². The molecule has 168 valence electrons. The van der Waals surface area contributed by atoms with Crippen LogP contribution in [0.1, 0.15) is 58.9 Å². The minimum Gasteiger partial charge on any atom is -0.452 e. The Hall–Kier alpha value is -3.26. The first-order valence-corrected chi connectivity index (χ1v) is 10.7. The highest BCUT2D eigenvalue weighted by Gasteiger charge is 2.25. The van der Waals surface area contributed by atoms with E-state index in [9.17, 15) is 24.5 Å². The van der Waals surface area contributed by atoms with Crippen LogP contribution in [0.2, 0.25) is 5.02 Å². The molecule has 1 aliphatic rings. The molecule has 1 N–H and O–H groups in total. The molecule has 0 heterocycles. The van der Waals surface area contributed by atoms with Gasteiger partial charge in [0, 0.05) is 23.2 Å². The Morgan fingerprint density at radius 1 is 1.12 bits per heavy atom. The van der Waals surface area contributed by atoms with E-state index >= 15 is 0 Å². The summed E-state index contributed by atoms with van der Waals surface area (Å²) in [6.45, 7) is 1.62. The van der Waals surface area contributed by atoms with Gasteiger partial charge in [-0.05, 0) is 37.0 Å². The van der Waals surface area contributed by atoms with Gasteiger partial charge in [0.1, 0.15) is 5.02 Å². The number of ether oxygens (including phenoxy) is 1. The van der Waals surface area contributed by atoms with E-state index in [1.165, 1.54) is 24.3 Å². The van der Waals surface area contributed by atoms with Crippen molar-refractivity contribution >= 4 is 34.9 Å². The standard InChI is InChI=1S/C23H23ClN2O6/c1-14-6-2-5-9-19(14)25-21(27)13-32-23(29)17-8-4-3-7-16(17)22(28)15-10-11-18(24)20(12-15)26(30)31/h3-4,7-8,10-12,14,19H,2,5-6,9,13H2,1H3,(H,25,27)/t14-,19+/m0/s1. The van der Waals surface area contributed by atoms with Gasteiger partial charge in [-0.2, -0.15) is 0 Å². The fourth-order valence-corrected chi connectivity index (χ4v) is 3.98. The van der Waals surface area contributed by atoms with Gasteiger partial charge in [-0.15, -0.1) is 0 Å². The molecule has 9 heteroatoms. The minimum absolute atomic E-state index is 0.00498. The van der Waals surface area contributed by atoms with Crippen LogP contribution in [0.5, 0.6) is 0 Å². The molecule has 0 unspecified atom stereocenters. The van der Waals surface area contributed by atoms with Gasteiger partial charge in [-0.3, -0.25) is 19.7 Å². The monoisotopic (exact) mass is 458 g/mol. The van der Waals surface area contributed by atoms with Crippen LogP contribution in [0.15, 0.2) is 42.5 Å². The highest BCUT2D eigenvalue weighted by Crippen LogP contribution is 2.27. The molecule has 2 atom stereocenters. The summed E-state index contributed by atoms with van der Waals surface area (Å²) < 4.78 is 5.14. The van der Waals surface area contributed by atoms with E-state index in [0.29, 0.717) is 5.92 Å². The van der Waals surface area contributed by atoms with E-state index in [-0.39, 0.29) is 27.8 Å². The summed E-state index contributed by atoms with van der Waals surface area (Å²) in [5.74, 6) is -1.46. The fourth-order valence-electron chi connectivity index (χ4n) is 3.80. The van der Waals surface area contributed by atoms with Crippen molar-refractivity contribution in [2.24, 2.45) is 5.92 Å². The van der Waals surface area contributed by atoms with E-state index < -0.39 is 34.9 Å². The van der Waals surface area contributed by atoms with Crippen molar-refractivity contribution < 1.29 is 24.0 Å². The average molecular weight is 459 g/mol. The predicted molar refractivity (Wildman–Crippen MR) is 118 cm³/mol. The third-order valence-electron chi connectivity index (χ3n) is 5.59. The second kappa shape index (κ2) is 10.4. The molecule has 8 nitrogen and oxygen atoms in total. The zero-order chi connectivity index (χ0) is 23.3. The molecule has 0 aromatic heterocycles. The molecular weight excluding hydrogens is 436 g/mol. The van der Waals surface area contributed by atoms with Crippen LogP contribution >= 0.6 is 11.6 Å². The number of nitrogens with one attached hydrogen (secondary N) is 1. The van der Waals surface area contributed by atoms with Crippen LogP contribution in [0.4, 0.5) is 5.69 Å². The molecule has 0 saturated heterocycles. The number of nitro benzene ring substituents is 1. The van der Waals surface area contributed by atoms with Gasteiger partial charge < -0.3 is 10.1 Å². The largest absolute Gasteiger partial charge is 0.452 e.